The van der Waals surface area contributed by atoms with Crippen LogP contribution >= 0.6 is 11.8 Å². The normalized spacial score (nSPS) is 18.2. The van der Waals surface area contributed by atoms with Crippen LogP contribution in [0.2, 0.25) is 0 Å². The molecule has 2 atom stereocenters. The van der Waals surface area contributed by atoms with E-state index in [1.54, 1.807) is 0 Å². The molecule has 98 valence electrons. The molecule has 2 N–H and O–H groups in total. The van der Waals surface area contributed by atoms with Crippen LogP contribution in [0.15, 0.2) is 0 Å². The second kappa shape index (κ2) is 6.87. The number of thioether (sulfide) groups is 1. The molecule has 2 nitrogen and oxygen atoms in total. The smallest absolute Gasteiger partial charge is 0.0448 e. The lowest BCUT2D eigenvalue weighted by Crippen LogP contribution is -2.48. The van der Waals surface area contributed by atoms with Gasteiger partial charge in [0.05, 0.1) is 0 Å². The van der Waals surface area contributed by atoms with Gasteiger partial charge in [0, 0.05) is 28.7 Å². The number of rotatable bonds is 7. The average molecular weight is 247 g/mol. The van der Waals surface area contributed by atoms with Gasteiger partial charge >= 0.3 is 0 Å². The van der Waals surface area contributed by atoms with Crippen molar-refractivity contribution in [1.82, 2.24) is 5.32 Å². The van der Waals surface area contributed by atoms with Crippen LogP contribution in [0.4, 0.5) is 0 Å². The highest BCUT2D eigenvalue weighted by Gasteiger charge is 2.23. The maximum atomic E-state index is 9.06. The second-order valence-corrected chi connectivity index (χ2v) is 7.70. The minimum Gasteiger partial charge on any atom is -0.396 e. The zero-order valence-electron chi connectivity index (χ0n) is 11.8. The maximum absolute atomic E-state index is 9.06. The van der Waals surface area contributed by atoms with Crippen LogP contribution in [0.25, 0.3) is 0 Å². The third-order valence-electron chi connectivity index (χ3n) is 2.81. The van der Waals surface area contributed by atoms with E-state index in [4.69, 9.17) is 5.11 Å². The van der Waals surface area contributed by atoms with Crippen LogP contribution in [0, 0.1) is 0 Å². The van der Waals surface area contributed by atoms with Crippen molar-refractivity contribution in [2.24, 2.45) is 0 Å². The highest BCUT2D eigenvalue weighted by molar-refractivity contribution is 8.00. The maximum Gasteiger partial charge on any atom is 0.0448 e. The first-order valence-corrected chi connectivity index (χ1v) is 7.23. The molecule has 2 unspecified atom stereocenters. The number of aliphatic hydroxyl groups is 1. The van der Waals surface area contributed by atoms with Crippen LogP contribution in [-0.2, 0) is 0 Å². The monoisotopic (exact) mass is 247 g/mol. The molecule has 0 heterocycles. The van der Waals surface area contributed by atoms with E-state index in [2.05, 4.69) is 46.9 Å². The van der Waals surface area contributed by atoms with E-state index in [0.717, 1.165) is 18.6 Å². The predicted octanol–water partition coefficient (Wildman–Crippen LogP) is 3.05. The van der Waals surface area contributed by atoms with Crippen LogP contribution in [0.5, 0.6) is 0 Å². The quantitative estimate of drug-likeness (QED) is 0.725. The third kappa shape index (κ3) is 7.53. The lowest BCUT2D eigenvalue weighted by Gasteiger charge is -2.33. The molecule has 0 fully saturated rings. The third-order valence-corrected chi connectivity index (χ3v) is 4.34. The molecule has 0 saturated heterocycles. The summed E-state index contributed by atoms with van der Waals surface area (Å²) in [5.41, 5.74) is 0.0760. The summed E-state index contributed by atoms with van der Waals surface area (Å²) in [6.07, 6.45) is 1.88. The summed E-state index contributed by atoms with van der Waals surface area (Å²) in [6.45, 7) is 13.6. The molecule has 0 radical (unpaired) electrons. The van der Waals surface area contributed by atoms with E-state index in [-0.39, 0.29) is 12.1 Å². The van der Waals surface area contributed by atoms with E-state index in [1.807, 2.05) is 11.8 Å². The van der Waals surface area contributed by atoms with Crippen molar-refractivity contribution in [3.8, 4) is 0 Å². The van der Waals surface area contributed by atoms with E-state index in [9.17, 15) is 0 Å². The Bertz CT molecular complexity index is 191. The predicted molar refractivity (Wildman–Crippen MR) is 75.2 cm³/mol. The summed E-state index contributed by atoms with van der Waals surface area (Å²) < 4.78 is 0.329. The molecular formula is C13H29NOS. The van der Waals surface area contributed by atoms with Crippen molar-refractivity contribution in [2.45, 2.75) is 70.7 Å². The Labute approximate surface area is 106 Å². The van der Waals surface area contributed by atoms with E-state index < -0.39 is 0 Å². The summed E-state index contributed by atoms with van der Waals surface area (Å²) in [4.78, 5) is 0. The van der Waals surface area contributed by atoms with Crippen LogP contribution in [0.1, 0.15) is 54.4 Å². The first-order chi connectivity index (χ1) is 7.22. The summed E-state index contributed by atoms with van der Waals surface area (Å²) >= 11 is 1.99. The van der Waals surface area contributed by atoms with Gasteiger partial charge in [0.25, 0.3) is 0 Å². The molecule has 0 aromatic carbocycles. The Morgan fingerprint density at radius 1 is 1.25 bits per heavy atom. The molecule has 0 saturated carbocycles. The molecule has 16 heavy (non-hydrogen) atoms. The fourth-order valence-corrected chi connectivity index (χ4v) is 2.44. The standard InChI is InChI=1S/C13H29NOS/c1-7-13(6,8-9-15)14-11(2)10-16-12(3,4)5/h11,14-15H,7-10H2,1-6H3. The van der Waals surface area contributed by atoms with Crippen molar-refractivity contribution in [2.75, 3.05) is 12.4 Å². The first-order valence-electron chi connectivity index (χ1n) is 6.25. The van der Waals surface area contributed by atoms with Gasteiger partial charge in [-0.05, 0) is 26.7 Å². The topological polar surface area (TPSA) is 32.3 Å². The summed E-state index contributed by atoms with van der Waals surface area (Å²) in [6, 6.07) is 0.487. The van der Waals surface area contributed by atoms with Crippen LogP contribution < -0.4 is 5.32 Å². The molecule has 3 heteroatoms. The molecule has 0 aliphatic carbocycles. The van der Waals surface area contributed by atoms with Gasteiger partial charge in [-0.3, -0.25) is 0 Å². The van der Waals surface area contributed by atoms with E-state index in [0.29, 0.717) is 10.8 Å². The van der Waals surface area contributed by atoms with Crippen LogP contribution in [0.3, 0.4) is 0 Å². The summed E-state index contributed by atoms with van der Waals surface area (Å²) in [7, 11) is 0. The van der Waals surface area contributed by atoms with Crippen molar-refractivity contribution >= 4 is 11.8 Å². The van der Waals surface area contributed by atoms with Crippen molar-refractivity contribution in [3.63, 3.8) is 0 Å². The zero-order valence-corrected chi connectivity index (χ0v) is 12.6. The van der Waals surface area contributed by atoms with Gasteiger partial charge in [0.15, 0.2) is 0 Å². The van der Waals surface area contributed by atoms with Gasteiger partial charge in [0.2, 0.25) is 0 Å². The lowest BCUT2D eigenvalue weighted by atomic mass is 9.94. The fraction of sp³-hybridized carbons (Fsp3) is 1.00. The SMILES string of the molecule is CCC(C)(CCO)NC(C)CSC(C)(C)C. The largest absolute Gasteiger partial charge is 0.396 e. The van der Waals surface area contributed by atoms with E-state index in [1.165, 1.54) is 0 Å². The molecule has 0 amide bonds. The Morgan fingerprint density at radius 2 is 1.81 bits per heavy atom. The van der Waals surface area contributed by atoms with Crippen LogP contribution in [-0.4, -0.2) is 33.8 Å². The number of hydrogen-bond donors (Lipinski definition) is 2. The van der Waals surface area contributed by atoms with Crippen molar-refractivity contribution in [1.29, 1.82) is 0 Å². The molecule has 0 aliphatic heterocycles. The molecule has 0 aromatic rings. The first kappa shape index (κ1) is 16.3. The van der Waals surface area contributed by atoms with E-state index >= 15 is 0 Å². The number of aliphatic hydroxyl groups excluding tert-OH is 1. The molecule has 0 aromatic heterocycles. The minimum atomic E-state index is 0.0760. The molecule has 0 spiro atoms. The molecular weight excluding hydrogens is 218 g/mol. The number of hydrogen-bond acceptors (Lipinski definition) is 3. The number of nitrogens with one attached hydrogen (secondary N) is 1. The summed E-state index contributed by atoms with van der Waals surface area (Å²) in [5.74, 6) is 1.12. The highest BCUT2D eigenvalue weighted by Crippen LogP contribution is 2.24. The minimum absolute atomic E-state index is 0.0760. The van der Waals surface area contributed by atoms with Crippen molar-refractivity contribution < 1.29 is 5.11 Å². The average Bonchev–Trinajstić information content (AvgIpc) is 2.14. The second-order valence-electron chi connectivity index (χ2n) is 5.86. The molecule has 0 rings (SSSR count). The van der Waals surface area contributed by atoms with Gasteiger partial charge in [-0.2, -0.15) is 11.8 Å². The Hall–Kier alpha value is 0.270. The Morgan fingerprint density at radius 3 is 2.19 bits per heavy atom. The molecule has 0 aliphatic rings. The van der Waals surface area contributed by atoms with Gasteiger partial charge < -0.3 is 10.4 Å². The lowest BCUT2D eigenvalue weighted by molar-refractivity contribution is 0.208. The summed E-state index contributed by atoms with van der Waals surface area (Å²) in [5, 5.41) is 12.7. The van der Waals surface area contributed by atoms with Gasteiger partial charge in [-0.1, -0.05) is 27.7 Å². The van der Waals surface area contributed by atoms with Gasteiger partial charge in [-0.25, -0.2) is 0 Å². The van der Waals surface area contributed by atoms with Crippen molar-refractivity contribution in [3.05, 3.63) is 0 Å². The fourth-order valence-electron chi connectivity index (χ4n) is 1.61. The zero-order chi connectivity index (χ0) is 12.8. The Balaban J connectivity index is 4.05. The van der Waals surface area contributed by atoms with Gasteiger partial charge in [-0.15, -0.1) is 0 Å². The molecule has 0 bridgehead atoms. The highest BCUT2D eigenvalue weighted by atomic mass is 32.2. The Kier molecular flexibility index (Phi) is 6.99. The van der Waals surface area contributed by atoms with Gasteiger partial charge in [0.1, 0.15) is 0 Å².